The highest BCUT2D eigenvalue weighted by atomic mass is 19.1. The summed E-state index contributed by atoms with van der Waals surface area (Å²) >= 11 is 0. The van der Waals surface area contributed by atoms with Crippen LogP contribution in [0.15, 0.2) is 42.5 Å². The Kier molecular flexibility index (Phi) is 4.29. The Bertz CT molecular complexity index is 723. The molecule has 0 aliphatic carbocycles. The number of carbonyl (C=O) groups is 1. The first-order chi connectivity index (χ1) is 11.2. The second-order valence-corrected chi connectivity index (χ2v) is 5.05. The topological polar surface area (TPSA) is 79.8 Å². The molecule has 0 saturated carbocycles. The molecule has 3 N–H and O–H groups in total. The number of nitrogens with one attached hydrogen (secondary N) is 2. The Morgan fingerprint density at radius 1 is 1.35 bits per heavy atom. The van der Waals surface area contributed by atoms with Gasteiger partial charge in [0.1, 0.15) is 23.9 Å². The molecule has 0 fully saturated rings. The van der Waals surface area contributed by atoms with Crippen molar-refractivity contribution in [2.75, 3.05) is 0 Å². The van der Waals surface area contributed by atoms with Crippen LogP contribution >= 0.6 is 0 Å². The van der Waals surface area contributed by atoms with Gasteiger partial charge in [-0.05, 0) is 12.1 Å². The molecule has 1 aliphatic rings. The molecule has 7 heteroatoms. The predicted molar refractivity (Wildman–Crippen MR) is 78.7 cm³/mol. The van der Waals surface area contributed by atoms with E-state index in [1.165, 1.54) is 11.5 Å². The molecule has 120 valence electrons. The normalized spacial score (nSPS) is 15.5. The number of hydroxylamine groups is 1. The summed E-state index contributed by atoms with van der Waals surface area (Å²) < 4.78 is 24.7. The second-order valence-electron chi connectivity index (χ2n) is 5.05. The zero-order chi connectivity index (χ0) is 16.2. The van der Waals surface area contributed by atoms with Crippen molar-refractivity contribution in [3.8, 4) is 11.5 Å². The number of amides is 2. The molecule has 0 radical (unpaired) electrons. The third-order valence-corrected chi connectivity index (χ3v) is 3.46. The number of hydrogen-bond acceptors (Lipinski definition) is 4. The van der Waals surface area contributed by atoms with Gasteiger partial charge in [0, 0.05) is 23.6 Å². The van der Waals surface area contributed by atoms with Gasteiger partial charge in [-0.15, -0.1) is 0 Å². The molecule has 1 atom stereocenters. The van der Waals surface area contributed by atoms with E-state index in [0.29, 0.717) is 23.5 Å². The SMILES string of the molecule is O=C(NO)NC1Cc2ccc(OCc3ccccc3F)cc2O1. The molecule has 1 heterocycles. The number of carbonyl (C=O) groups excluding carboxylic acids is 1. The highest BCUT2D eigenvalue weighted by Crippen LogP contribution is 2.32. The average Bonchev–Trinajstić information content (AvgIpc) is 2.95. The van der Waals surface area contributed by atoms with Gasteiger partial charge in [-0.1, -0.05) is 24.3 Å². The van der Waals surface area contributed by atoms with E-state index in [9.17, 15) is 9.18 Å². The monoisotopic (exact) mass is 318 g/mol. The minimum Gasteiger partial charge on any atom is -0.489 e. The van der Waals surface area contributed by atoms with E-state index in [-0.39, 0.29) is 12.4 Å². The van der Waals surface area contributed by atoms with Gasteiger partial charge in [0.15, 0.2) is 6.23 Å². The first-order valence-electron chi connectivity index (χ1n) is 7.02. The summed E-state index contributed by atoms with van der Waals surface area (Å²) in [7, 11) is 0. The zero-order valence-electron chi connectivity index (χ0n) is 12.1. The van der Waals surface area contributed by atoms with Gasteiger partial charge in [0.05, 0.1) is 0 Å². The van der Waals surface area contributed by atoms with Gasteiger partial charge in [-0.25, -0.2) is 14.7 Å². The van der Waals surface area contributed by atoms with Crippen LogP contribution in [0.5, 0.6) is 11.5 Å². The number of urea groups is 1. The molecule has 2 amide bonds. The highest BCUT2D eigenvalue weighted by Gasteiger charge is 2.24. The maximum atomic E-state index is 13.5. The van der Waals surface area contributed by atoms with Crippen LogP contribution in [-0.2, 0) is 13.0 Å². The Labute approximate surface area is 131 Å². The lowest BCUT2D eigenvalue weighted by molar-refractivity contribution is 0.137. The number of benzene rings is 2. The van der Waals surface area contributed by atoms with E-state index in [4.69, 9.17) is 14.7 Å². The lowest BCUT2D eigenvalue weighted by Crippen LogP contribution is -2.43. The van der Waals surface area contributed by atoms with Crippen molar-refractivity contribution in [2.45, 2.75) is 19.3 Å². The predicted octanol–water partition coefficient (Wildman–Crippen LogP) is 2.35. The molecule has 2 aromatic carbocycles. The summed E-state index contributed by atoms with van der Waals surface area (Å²) in [6, 6.07) is 10.9. The summed E-state index contributed by atoms with van der Waals surface area (Å²) in [5.41, 5.74) is 2.86. The van der Waals surface area contributed by atoms with E-state index in [2.05, 4.69) is 5.32 Å². The molecule has 1 unspecified atom stereocenters. The standard InChI is InChI=1S/C16H15FN2O4/c17-13-4-2-1-3-11(13)9-22-12-6-5-10-7-15(18-16(20)19-21)23-14(10)8-12/h1-6,8,15,21H,7,9H2,(H2,18,19,20). The number of halogens is 1. The molecular weight excluding hydrogens is 303 g/mol. The summed E-state index contributed by atoms with van der Waals surface area (Å²) in [5.74, 6) is 0.808. The molecule has 0 bridgehead atoms. The highest BCUT2D eigenvalue weighted by molar-refractivity contribution is 5.72. The largest absolute Gasteiger partial charge is 0.489 e. The van der Waals surface area contributed by atoms with Gasteiger partial charge in [0.25, 0.3) is 0 Å². The van der Waals surface area contributed by atoms with Crippen LogP contribution in [0.1, 0.15) is 11.1 Å². The fourth-order valence-electron chi connectivity index (χ4n) is 2.33. The van der Waals surface area contributed by atoms with Crippen LogP contribution in [0.3, 0.4) is 0 Å². The van der Waals surface area contributed by atoms with Gasteiger partial charge in [-0.2, -0.15) is 0 Å². The van der Waals surface area contributed by atoms with Crippen molar-refractivity contribution in [2.24, 2.45) is 0 Å². The van der Waals surface area contributed by atoms with Crippen LogP contribution < -0.4 is 20.3 Å². The first kappa shape index (κ1) is 15.1. The Morgan fingerprint density at radius 3 is 2.96 bits per heavy atom. The van der Waals surface area contributed by atoms with Crippen molar-refractivity contribution in [1.82, 2.24) is 10.8 Å². The molecule has 0 saturated heterocycles. The van der Waals surface area contributed by atoms with E-state index < -0.39 is 12.3 Å². The Morgan fingerprint density at radius 2 is 2.17 bits per heavy atom. The Balaban J connectivity index is 1.63. The molecule has 6 nitrogen and oxygen atoms in total. The molecule has 0 spiro atoms. The number of fused-ring (bicyclic) bond motifs is 1. The summed E-state index contributed by atoms with van der Waals surface area (Å²) in [4.78, 5) is 11.1. The third-order valence-electron chi connectivity index (χ3n) is 3.46. The summed E-state index contributed by atoms with van der Waals surface area (Å²) in [6.45, 7) is 0.111. The fraction of sp³-hybridized carbons (Fsp3) is 0.188. The maximum absolute atomic E-state index is 13.5. The van der Waals surface area contributed by atoms with Crippen LogP contribution in [0.2, 0.25) is 0 Å². The Hall–Kier alpha value is -2.80. The maximum Gasteiger partial charge on any atom is 0.341 e. The minimum absolute atomic E-state index is 0.111. The first-order valence-corrected chi connectivity index (χ1v) is 7.02. The van der Waals surface area contributed by atoms with Crippen molar-refractivity contribution in [3.05, 3.63) is 59.4 Å². The smallest absolute Gasteiger partial charge is 0.341 e. The zero-order valence-corrected chi connectivity index (χ0v) is 12.1. The summed E-state index contributed by atoms with van der Waals surface area (Å²) in [5, 5.41) is 10.9. The van der Waals surface area contributed by atoms with E-state index in [1.54, 1.807) is 30.3 Å². The van der Waals surface area contributed by atoms with Gasteiger partial charge < -0.3 is 14.8 Å². The van der Waals surface area contributed by atoms with Crippen LogP contribution in [0, 0.1) is 5.82 Å². The van der Waals surface area contributed by atoms with Crippen LogP contribution in [0.4, 0.5) is 9.18 Å². The third kappa shape index (κ3) is 3.51. The molecule has 0 aromatic heterocycles. The molecular formula is C16H15FN2O4. The van der Waals surface area contributed by atoms with E-state index in [1.807, 2.05) is 6.07 Å². The number of rotatable bonds is 4. The van der Waals surface area contributed by atoms with Crippen LogP contribution in [-0.4, -0.2) is 17.5 Å². The van der Waals surface area contributed by atoms with Crippen LogP contribution in [0.25, 0.3) is 0 Å². The molecule has 3 rings (SSSR count). The molecule has 23 heavy (non-hydrogen) atoms. The van der Waals surface area contributed by atoms with Gasteiger partial charge in [-0.3, -0.25) is 5.21 Å². The average molecular weight is 318 g/mol. The number of hydrogen-bond donors (Lipinski definition) is 3. The number of ether oxygens (including phenoxy) is 2. The quantitative estimate of drug-likeness (QED) is 0.597. The second kappa shape index (κ2) is 6.53. The summed E-state index contributed by atoms with van der Waals surface area (Å²) in [6.07, 6.45) is -0.0740. The minimum atomic E-state index is -0.737. The lowest BCUT2D eigenvalue weighted by atomic mass is 10.1. The van der Waals surface area contributed by atoms with E-state index in [0.717, 1.165) is 5.56 Å². The fourth-order valence-corrected chi connectivity index (χ4v) is 2.33. The van der Waals surface area contributed by atoms with Crippen molar-refractivity contribution < 1.29 is 23.9 Å². The van der Waals surface area contributed by atoms with Crippen molar-refractivity contribution in [3.63, 3.8) is 0 Å². The lowest BCUT2D eigenvalue weighted by Gasteiger charge is -2.12. The van der Waals surface area contributed by atoms with Crippen molar-refractivity contribution >= 4 is 6.03 Å². The molecule has 1 aliphatic heterocycles. The van der Waals surface area contributed by atoms with E-state index >= 15 is 0 Å². The molecule has 2 aromatic rings. The van der Waals surface area contributed by atoms with Gasteiger partial charge >= 0.3 is 6.03 Å². The van der Waals surface area contributed by atoms with Gasteiger partial charge in [0.2, 0.25) is 0 Å². The van der Waals surface area contributed by atoms with Crippen molar-refractivity contribution in [1.29, 1.82) is 0 Å².